The van der Waals surface area contributed by atoms with Crippen molar-refractivity contribution >= 4 is 11.0 Å². The molecule has 0 radical (unpaired) electrons. The van der Waals surface area contributed by atoms with Crippen LogP contribution >= 0.6 is 0 Å². The number of nitrogens with zero attached hydrogens (tertiary/aromatic N) is 4. The molecule has 0 fully saturated rings. The topological polar surface area (TPSA) is 60.7 Å². The van der Waals surface area contributed by atoms with Gasteiger partial charge >= 0.3 is 0 Å². The van der Waals surface area contributed by atoms with E-state index in [9.17, 15) is 9.18 Å². The minimum Gasteiger partial charge on any atom is -0.292 e. The van der Waals surface area contributed by atoms with E-state index in [0.717, 1.165) is 11.3 Å². The molecule has 3 aromatic heterocycles. The van der Waals surface area contributed by atoms with Gasteiger partial charge < -0.3 is 0 Å². The Hall–Kier alpha value is -2.63. The molecule has 0 saturated heterocycles. The smallest absolute Gasteiger partial charge is 0.280 e. The number of hydrogen-bond acceptors (Lipinski definition) is 4. The van der Waals surface area contributed by atoms with Gasteiger partial charge in [-0.15, -0.1) is 0 Å². The number of hydrogen-bond donors (Lipinski definition) is 0. The highest BCUT2D eigenvalue weighted by Crippen LogP contribution is 2.38. The second-order valence-corrected chi connectivity index (χ2v) is 7.00. The predicted molar refractivity (Wildman–Crippen MR) is 89.3 cm³/mol. The molecule has 1 aliphatic heterocycles. The average Bonchev–Trinajstić information content (AvgIpc) is 2.56. The molecule has 24 heavy (non-hydrogen) atoms. The zero-order valence-corrected chi connectivity index (χ0v) is 13.5. The van der Waals surface area contributed by atoms with Crippen LogP contribution in [0.25, 0.3) is 22.3 Å². The second-order valence-electron chi connectivity index (χ2n) is 7.00. The van der Waals surface area contributed by atoms with Gasteiger partial charge in [-0.1, -0.05) is 19.9 Å². The lowest BCUT2D eigenvalue weighted by Gasteiger charge is -2.33. The lowest BCUT2D eigenvalue weighted by Crippen LogP contribution is -2.37. The van der Waals surface area contributed by atoms with Gasteiger partial charge in [0.2, 0.25) is 0 Å². The minimum atomic E-state index is -1.25. The van der Waals surface area contributed by atoms with Crippen LogP contribution in [0.15, 0.2) is 41.5 Å². The summed E-state index contributed by atoms with van der Waals surface area (Å²) in [5.74, 6) is 0.201. The van der Waals surface area contributed by atoms with Crippen LogP contribution in [0.1, 0.15) is 32.3 Å². The number of alkyl halides is 1. The van der Waals surface area contributed by atoms with Crippen molar-refractivity contribution in [2.45, 2.75) is 33.0 Å². The minimum absolute atomic E-state index is 0.201. The van der Waals surface area contributed by atoms with Gasteiger partial charge in [0.15, 0.2) is 11.7 Å². The molecule has 1 unspecified atom stereocenters. The largest absolute Gasteiger partial charge is 0.292 e. The molecule has 122 valence electrons. The molecule has 0 bridgehead atoms. The highest BCUT2D eigenvalue weighted by atomic mass is 19.1. The van der Waals surface area contributed by atoms with E-state index < -0.39 is 6.17 Å². The Morgan fingerprint density at radius 3 is 2.88 bits per heavy atom. The molecule has 0 saturated carbocycles. The summed E-state index contributed by atoms with van der Waals surface area (Å²) in [6.07, 6.45) is 2.42. The van der Waals surface area contributed by atoms with E-state index in [0.29, 0.717) is 18.5 Å². The fraction of sp³-hybridized carbons (Fsp3) is 0.333. The van der Waals surface area contributed by atoms with Crippen molar-refractivity contribution in [3.8, 4) is 11.3 Å². The van der Waals surface area contributed by atoms with Crippen LogP contribution in [-0.2, 0) is 6.54 Å². The summed E-state index contributed by atoms with van der Waals surface area (Å²) in [4.78, 5) is 25.7. The third-order valence-electron chi connectivity index (χ3n) is 4.39. The number of fused-ring (bicyclic) bond motifs is 2. The fourth-order valence-corrected chi connectivity index (χ4v) is 3.25. The summed E-state index contributed by atoms with van der Waals surface area (Å²) in [6.45, 7) is 4.36. The van der Waals surface area contributed by atoms with Gasteiger partial charge in [-0.3, -0.25) is 14.3 Å². The Morgan fingerprint density at radius 1 is 1.29 bits per heavy atom. The van der Waals surface area contributed by atoms with Gasteiger partial charge in [-0.05, 0) is 30.0 Å². The molecule has 4 heterocycles. The van der Waals surface area contributed by atoms with E-state index in [2.05, 4.69) is 15.0 Å². The molecule has 6 heteroatoms. The van der Waals surface area contributed by atoms with Crippen molar-refractivity contribution in [2.75, 3.05) is 0 Å². The highest BCUT2D eigenvalue weighted by Gasteiger charge is 2.34. The molecule has 0 spiro atoms. The molecule has 0 amide bonds. The maximum atomic E-state index is 14.5. The van der Waals surface area contributed by atoms with Gasteiger partial charge in [-0.25, -0.2) is 14.4 Å². The van der Waals surface area contributed by atoms with Gasteiger partial charge in [0.25, 0.3) is 5.56 Å². The molecule has 4 rings (SSSR count). The van der Waals surface area contributed by atoms with Gasteiger partial charge in [0.05, 0.1) is 11.2 Å². The fourth-order valence-electron chi connectivity index (χ4n) is 3.25. The quantitative estimate of drug-likeness (QED) is 0.689. The summed E-state index contributed by atoms with van der Waals surface area (Å²) in [6, 6.07) is 7.31. The summed E-state index contributed by atoms with van der Waals surface area (Å²) in [5, 5.41) is 0. The van der Waals surface area contributed by atoms with Gasteiger partial charge in [0, 0.05) is 24.5 Å². The van der Waals surface area contributed by atoms with Crippen LogP contribution in [0.3, 0.4) is 0 Å². The zero-order valence-electron chi connectivity index (χ0n) is 13.5. The van der Waals surface area contributed by atoms with E-state index in [1.165, 1.54) is 4.57 Å². The standard InChI is InChI=1S/C18H17FN4O/c1-18(2)8-12(19)16-22-14-7-11(13-5-3-4-6-20-13)9-21-15(14)17(24)23(16)10-18/h3-7,9,12H,8,10H2,1-2H3. The molecular formula is C18H17FN4O. The molecule has 1 aliphatic rings. The first-order chi connectivity index (χ1) is 11.4. The third kappa shape index (κ3) is 2.38. The van der Waals surface area contributed by atoms with Crippen LogP contribution in [0.4, 0.5) is 4.39 Å². The van der Waals surface area contributed by atoms with Crippen molar-refractivity contribution in [3.63, 3.8) is 0 Å². The summed E-state index contributed by atoms with van der Waals surface area (Å²) >= 11 is 0. The number of rotatable bonds is 1. The zero-order chi connectivity index (χ0) is 16.9. The van der Waals surface area contributed by atoms with E-state index in [-0.39, 0.29) is 22.3 Å². The van der Waals surface area contributed by atoms with Crippen molar-refractivity contribution in [1.29, 1.82) is 0 Å². The molecular weight excluding hydrogens is 307 g/mol. The number of pyridine rings is 2. The Bertz CT molecular complexity index is 981. The maximum Gasteiger partial charge on any atom is 0.280 e. The van der Waals surface area contributed by atoms with Gasteiger partial charge in [-0.2, -0.15) is 0 Å². The van der Waals surface area contributed by atoms with Crippen LogP contribution in [0, 0.1) is 5.41 Å². The second kappa shape index (κ2) is 5.19. The van der Waals surface area contributed by atoms with Crippen molar-refractivity contribution in [3.05, 3.63) is 52.8 Å². The lowest BCUT2D eigenvalue weighted by atomic mass is 9.84. The Labute approximate surface area is 138 Å². The normalized spacial score (nSPS) is 19.2. The first kappa shape index (κ1) is 14.9. The Balaban J connectivity index is 1.93. The first-order valence-electron chi connectivity index (χ1n) is 7.91. The van der Waals surface area contributed by atoms with Crippen molar-refractivity contribution in [2.24, 2.45) is 5.41 Å². The summed E-state index contributed by atoms with van der Waals surface area (Å²) < 4.78 is 16.0. The third-order valence-corrected chi connectivity index (χ3v) is 4.39. The molecule has 5 nitrogen and oxygen atoms in total. The predicted octanol–water partition coefficient (Wildman–Crippen LogP) is 3.29. The Kier molecular flexibility index (Phi) is 3.23. The highest BCUT2D eigenvalue weighted by molar-refractivity contribution is 5.78. The monoisotopic (exact) mass is 324 g/mol. The molecule has 0 aromatic carbocycles. The molecule has 3 aromatic rings. The average molecular weight is 324 g/mol. The van der Waals surface area contributed by atoms with Crippen LogP contribution in [-0.4, -0.2) is 19.5 Å². The van der Waals surface area contributed by atoms with E-state index in [4.69, 9.17) is 0 Å². The van der Waals surface area contributed by atoms with Crippen molar-refractivity contribution < 1.29 is 4.39 Å². The SMILES string of the molecule is CC1(C)CC(F)c2nc3cc(-c4ccccn4)cnc3c(=O)n2C1. The molecule has 1 atom stereocenters. The molecule has 0 aliphatic carbocycles. The number of halogens is 1. The van der Waals surface area contributed by atoms with Crippen LogP contribution in [0.5, 0.6) is 0 Å². The van der Waals surface area contributed by atoms with E-state index in [1.807, 2.05) is 32.0 Å². The van der Waals surface area contributed by atoms with Crippen molar-refractivity contribution in [1.82, 2.24) is 19.5 Å². The summed E-state index contributed by atoms with van der Waals surface area (Å²) in [5.41, 5.74) is 1.62. The maximum absolute atomic E-state index is 14.5. The van der Waals surface area contributed by atoms with Crippen LogP contribution in [0.2, 0.25) is 0 Å². The first-order valence-corrected chi connectivity index (χ1v) is 7.91. The number of aromatic nitrogens is 4. The van der Waals surface area contributed by atoms with Crippen LogP contribution < -0.4 is 5.56 Å². The van der Waals surface area contributed by atoms with E-state index in [1.54, 1.807) is 18.5 Å². The van der Waals surface area contributed by atoms with E-state index >= 15 is 0 Å². The van der Waals surface area contributed by atoms with Gasteiger partial charge in [0.1, 0.15) is 5.82 Å². The summed E-state index contributed by atoms with van der Waals surface area (Å²) in [7, 11) is 0. The molecule has 0 N–H and O–H groups in total. The Morgan fingerprint density at radius 2 is 2.12 bits per heavy atom. The lowest BCUT2D eigenvalue weighted by molar-refractivity contribution is 0.137.